The van der Waals surface area contributed by atoms with Gasteiger partial charge in [0.05, 0.1) is 6.04 Å². The number of anilines is 1. The van der Waals surface area contributed by atoms with Crippen LogP contribution in [0.25, 0.3) is 0 Å². The number of aromatic nitrogens is 2. The van der Waals surface area contributed by atoms with Crippen LogP contribution in [0.3, 0.4) is 0 Å². The van der Waals surface area contributed by atoms with Crippen molar-refractivity contribution in [2.75, 3.05) is 12.8 Å². The molecule has 2 aromatic heterocycles. The van der Waals surface area contributed by atoms with Gasteiger partial charge in [-0.2, -0.15) is 5.10 Å². The third kappa shape index (κ3) is 2.38. The Hall–Kier alpha value is -1.82. The molecule has 5 nitrogen and oxygen atoms in total. The molecule has 2 rings (SSSR count). The van der Waals surface area contributed by atoms with Crippen LogP contribution in [0.15, 0.2) is 18.2 Å². The summed E-state index contributed by atoms with van der Waals surface area (Å²) < 4.78 is 0. The standard InChI is InChI=1S/C12H16N4OS/c1-7-4-5-10(18-7)8(2)16(3)12(17)9-6-11(13)15-14-9/h4-6,8H,1-3H3,(H3,13,14,15). The van der Waals surface area contributed by atoms with E-state index in [1.807, 2.05) is 6.92 Å². The zero-order chi connectivity index (χ0) is 13.3. The molecule has 96 valence electrons. The van der Waals surface area contributed by atoms with Gasteiger partial charge in [-0.3, -0.25) is 9.89 Å². The van der Waals surface area contributed by atoms with Gasteiger partial charge in [-0.25, -0.2) is 0 Å². The van der Waals surface area contributed by atoms with Gasteiger partial charge >= 0.3 is 0 Å². The predicted molar refractivity (Wildman–Crippen MR) is 72.6 cm³/mol. The number of aromatic amines is 1. The van der Waals surface area contributed by atoms with Gasteiger partial charge in [-0.05, 0) is 26.0 Å². The summed E-state index contributed by atoms with van der Waals surface area (Å²) in [6.45, 7) is 4.06. The van der Waals surface area contributed by atoms with E-state index in [1.165, 1.54) is 4.88 Å². The van der Waals surface area contributed by atoms with Crippen LogP contribution in [0.5, 0.6) is 0 Å². The molecule has 0 radical (unpaired) electrons. The molecule has 1 amide bonds. The van der Waals surface area contributed by atoms with Crippen molar-refractivity contribution >= 4 is 23.1 Å². The highest BCUT2D eigenvalue weighted by atomic mass is 32.1. The summed E-state index contributed by atoms with van der Waals surface area (Å²) in [6, 6.07) is 5.69. The largest absolute Gasteiger partial charge is 0.382 e. The predicted octanol–water partition coefficient (Wildman–Crippen LogP) is 2.20. The second kappa shape index (κ2) is 4.81. The van der Waals surface area contributed by atoms with E-state index in [9.17, 15) is 4.79 Å². The number of thiophene rings is 1. The Labute approximate surface area is 110 Å². The van der Waals surface area contributed by atoms with Crippen molar-refractivity contribution in [2.24, 2.45) is 0 Å². The van der Waals surface area contributed by atoms with Crippen LogP contribution in [-0.2, 0) is 0 Å². The Morgan fingerprint density at radius 1 is 1.56 bits per heavy atom. The van der Waals surface area contributed by atoms with E-state index in [0.717, 1.165) is 4.88 Å². The molecular formula is C12H16N4OS. The number of amides is 1. The number of nitrogen functional groups attached to an aromatic ring is 1. The number of nitrogens with zero attached hydrogens (tertiary/aromatic N) is 2. The summed E-state index contributed by atoms with van der Waals surface area (Å²) in [5, 5.41) is 6.40. The summed E-state index contributed by atoms with van der Waals surface area (Å²) in [5.74, 6) is 0.212. The van der Waals surface area contributed by atoms with Crippen LogP contribution in [0, 0.1) is 6.92 Å². The number of nitrogens with one attached hydrogen (secondary N) is 1. The van der Waals surface area contributed by atoms with Crippen molar-refractivity contribution in [3.8, 4) is 0 Å². The third-order valence-electron chi connectivity index (χ3n) is 2.90. The topological polar surface area (TPSA) is 75.0 Å². The lowest BCUT2D eigenvalue weighted by atomic mass is 10.2. The zero-order valence-corrected chi connectivity index (χ0v) is 11.4. The molecular weight excluding hydrogens is 248 g/mol. The average molecular weight is 264 g/mol. The van der Waals surface area contributed by atoms with Gasteiger partial charge in [0.2, 0.25) is 0 Å². The monoisotopic (exact) mass is 264 g/mol. The van der Waals surface area contributed by atoms with Crippen LogP contribution in [0.4, 0.5) is 5.82 Å². The number of carbonyl (C=O) groups is 1. The van der Waals surface area contributed by atoms with Crippen LogP contribution in [0.2, 0.25) is 0 Å². The second-order valence-corrected chi connectivity index (χ2v) is 5.57. The highest BCUT2D eigenvalue weighted by molar-refractivity contribution is 7.12. The summed E-state index contributed by atoms with van der Waals surface area (Å²) in [7, 11) is 1.78. The van der Waals surface area contributed by atoms with Gasteiger partial charge in [0.1, 0.15) is 11.5 Å². The highest BCUT2D eigenvalue weighted by Gasteiger charge is 2.21. The van der Waals surface area contributed by atoms with Crippen molar-refractivity contribution in [3.05, 3.63) is 33.6 Å². The van der Waals surface area contributed by atoms with Crippen molar-refractivity contribution in [1.29, 1.82) is 0 Å². The number of H-pyrrole nitrogens is 1. The normalized spacial score (nSPS) is 12.4. The summed E-state index contributed by atoms with van der Waals surface area (Å²) >= 11 is 1.70. The Morgan fingerprint density at radius 3 is 2.78 bits per heavy atom. The molecule has 0 saturated carbocycles. The molecule has 0 saturated heterocycles. The molecule has 0 fully saturated rings. The zero-order valence-electron chi connectivity index (χ0n) is 10.6. The fraction of sp³-hybridized carbons (Fsp3) is 0.333. The number of rotatable bonds is 3. The second-order valence-electron chi connectivity index (χ2n) is 4.25. The highest BCUT2D eigenvalue weighted by Crippen LogP contribution is 2.27. The summed E-state index contributed by atoms with van der Waals surface area (Å²) in [5.41, 5.74) is 5.91. The fourth-order valence-corrected chi connectivity index (χ4v) is 2.65. The van der Waals surface area contributed by atoms with Crippen LogP contribution >= 0.6 is 11.3 Å². The molecule has 2 aromatic rings. The third-order valence-corrected chi connectivity index (χ3v) is 4.07. The molecule has 0 aliphatic rings. The van der Waals surface area contributed by atoms with Gasteiger partial charge in [0.15, 0.2) is 0 Å². The molecule has 3 N–H and O–H groups in total. The van der Waals surface area contributed by atoms with Gasteiger partial charge in [0.25, 0.3) is 5.91 Å². The Morgan fingerprint density at radius 2 is 2.28 bits per heavy atom. The van der Waals surface area contributed by atoms with Gasteiger partial charge in [-0.15, -0.1) is 11.3 Å². The first-order valence-electron chi connectivity index (χ1n) is 5.63. The van der Waals surface area contributed by atoms with Crippen LogP contribution < -0.4 is 5.73 Å². The van der Waals surface area contributed by atoms with Crippen LogP contribution in [-0.4, -0.2) is 28.1 Å². The maximum Gasteiger partial charge on any atom is 0.272 e. The fourth-order valence-electron chi connectivity index (χ4n) is 1.68. The molecule has 0 aliphatic carbocycles. The number of hydrogen-bond donors (Lipinski definition) is 2. The minimum Gasteiger partial charge on any atom is -0.382 e. The van der Waals surface area contributed by atoms with Crippen molar-refractivity contribution in [3.63, 3.8) is 0 Å². The number of hydrogen-bond acceptors (Lipinski definition) is 4. The van der Waals surface area contributed by atoms with Crippen molar-refractivity contribution in [2.45, 2.75) is 19.9 Å². The van der Waals surface area contributed by atoms with Crippen molar-refractivity contribution < 1.29 is 4.79 Å². The summed E-state index contributed by atoms with van der Waals surface area (Å²) in [6.07, 6.45) is 0. The molecule has 1 atom stereocenters. The average Bonchev–Trinajstić information content (AvgIpc) is 2.95. The Kier molecular flexibility index (Phi) is 3.38. The SMILES string of the molecule is Cc1ccc(C(C)N(C)C(=O)c2cc(N)n[nH]2)s1. The van der Waals surface area contributed by atoms with E-state index in [0.29, 0.717) is 11.5 Å². The Balaban J connectivity index is 2.16. The molecule has 6 heteroatoms. The molecule has 0 bridgehead atoms. The minimum absolute atomic E-state index is 0.0284. The first-order valence-corrected chi connectivity index (χ1v) is 6.45. The minimum atomic E-state index is -0.113. The van der Waals surface area contributed by atoms with Gasteiger partial charge in [0, 0.05) is 22.9 Å². The van der Waals surface area contributed by atoms with Gasteiger partial charge in [-0.1, -0.05) is 0 Å². The molecule has 0 aromatic carbocycles. The van der Waals surface area contributed by atoms with E-state index < -0.39 is 0 Å². The molecule has 1 unspecified atom stereocenters. The van der Waals surface area contributed by atoms with E-state index in [4.69, 9.17) is 5.73 Å². The maximum atomic E-state index is 12.2. The van der Waals surface area contributed by atoms with E-state index in [2.05, 4.69) is 29.3 Å². The van der Waals surface area contributed by atoms with Crippen LogP contribution in [0.1, 0.15) is 33.2 Å². The first kappa shape index (κ1) is 12.6. The lowest BCUT2D eigenvalue weighted by Crippen LogP contribution is -2.29. The lowest BCUT2D eigenvalue weighted by molar-refractivity contribution is 0.0739. The lowest BCUT2D eigenvalue weighted by Gasteiger charge is -2.23. The quantitative estimate of drug-likeness (QED) is 0.892. The van der Waals surface area contributed by atoms with Crippen molar-refractivity contribution in [1.82, 2.24) is 15.1 Å². The number of aryl methyl sites for hydroxylation is 1. The number of nitrogens with two attached hydrogens (primary N) is 1. The van der Waals surface area contributed by atoms with E-state index in [-0.39, 0.29) is 11.9 Å². The maximum absolute atomic E-state index is 12.2. The molecule has 18 heavy (non-hydrogen) atoms. The van der Waals surface area contributed by atoms with E-state index >= 15 is 0 Å². The van der Waals surface area contributed by atoms with E-state index in [1.54, 1.807) is 29.4 Å². The molecule has 0 aliphatic heterocycles. The first-order chi connectivity index (χ1) is 8.49. The molecule has 0 spiro atoms. The number of carbonyl (C=O) groups excluding carboxylic acids is 1. The van der Waals surface area contributed by atoms with Gasteiger partial charge < -0.3 is 10.6 Å². The summed E-state index contributed by atoms with van der Waals surface area (Å²) in [4.78, 5) is 16.3. The molecule has 2 heterocycles. The smallest absolute Gasteiger partial charge is 0.272 e. The Bertz CT molecular complexity index is 560.